The molecule has 0 atom stereocenters. The van der Waals surface area contributed by atoms with Crippen molar-refractivity contribution in [3.8, 4) is 0 Å². The quantitative estimate of drug-likeness (QED) is 0.849. The van der Waals surface area contributed by atoms with Crippen LogP contribution in [0.3, 0.4) is 0 Å². The molecule has 21 heavy (non-hydrogen) atoms. The van der Waals surface area contributed by atoms with Gasteiger partial charge in [-0.2, -0.15) is 0 Å². The highest BCUT2D eigenvalue weighted by Gasteiger charge is 2.18. The number of aromatic nitrogens is 2. The predicted octanol–water partition coefficient (Wildman–Crippen LogP) is 0.370. The fraction of sp³-hybridized carbons (Fsp3) is 0.733. The van der Waals surface area contributed by atoms with Gasteiger partial charge in [0.25, 0.3) is 5.56 Å². The number of rotatable bonds is 5. The van der Waals surface area contributed by atoms with E-state index in [1.54, 1.807) is 17.0 Å². The van der Waals surface area contributed by atoms with Gasteiger partial charge in [0.1, 0.15) is 0 Å². The Morgan fingerprint density at radius 3 is 2.81 bits per heavy atom. The predicted molar refractivity (Wildman–Crippen MR) is 85.7 cm³/mol. The summed E-state index contributed by atoms with van der Waals surface area (Å²) in [7, 11) is 0. The smallest absolute Gasteiger partial charge is 0.293 e. The summed E-state index contributed by atoms with van der Waals surface area (Å²) in [5.41, 5.74) is 5.65. The molecule has 1 fully saturated rings. The molecule has 2 rings (SSSR count). The maximum atomic E-state index is 12.5. The van der Waals surface area contributed by atoms with Gasteiger partial charge in [0.2, 0.25) is 0 Å². The molecular formula is C15H27N5O. The zero-order chi connectivity index (χ0) is 15.2. The highest BCUT2D eigenvalue weighted by Crippen LogP contribution is 2.09. The summed E-state index contributed by atoms with van der Waals surface area (Å²) in [6.07, 6.45) is 4.56. The maximum absolute atomic E-state index is 12.5. The third kappa shape index (κ3) is 4.28. The first-order valence-corrected chi connectivity index (χ1v) is 7.84. The van der Waals surface area contributed by atoms with Crippen LogP contribution in [0.2, 0.25) is 0 Å². The van der Waals surface area contributed by atoms with Crippen LogP contribution < -0.4 is 16.2 Å². The van der Waals surface area contributed by atoms with E-state index in [1.165, 1.54) is 0 Å². The third-order valence-electron chi connectivity index (χ3n) is 3.79. The number of nitrogens with zero attached hydrogens (tertiary/aromatic N) is 4. The van der Waals surface area contributed by atoms with Crippen LogP contribution in [0, 0.1) is 5.92 Å². The van der Waals surface area contributed by atoms with Gasteiger partial charge in [0, 0.05) is 51.7 Å². The second kappa shape index (κ2) is 7.56. The average Bonchev–Trinajstić information content (AvgIpc) is 2.67. The lowest BCUT2D eigenvalue weighted by molar-refractivity contribution is 0.302. The number of anilines is 1. The van der Waals surface area contributed by atoms with Crippen molar-refractivity contribution >= 4 is 5.82 Å². The largest absolute Gasteiger partial charge is 0.351 e. The molecule has 6 nitrogen and oxygen atoms in total. The second-order valence-corrected chi connectivity index (χ2v) is 6.07. The lowest BCUT2D eigenvalue weighted by Gasteiger charge is -2.22. The normalized spacial score (nSPS) is 17.2. The molecule has 2 heterocycles. The molecule has 2 N–H and O–H groups in total. The van der Waals surface area contributed by atoms with Crippen molar-refractivity contribution in [1.82, 2.24) is 14.5 Å². The first kappa shape index (κ1) is 16.0. The minimum absolute atomic E-state index is 0.0264. The molecule has 1 aromatic heterocycles. The van der Waals surface area contributed by atoms with Crippen LogP contribution in [0.25, 0.3) is 0 Å². The highest BCUT2D eigenvalue weighted by atomic mass is 16.1. The molecule has 0 aliphatic carbocycles. The van der Waals surface area contributed by atoms with Gasteiger partial charge in [0.15, 0.2) is 5.82 Å². The van der Waals surface area contributed by atoms with Crippen molar-refractivity contribution in [3.05, 3.63) is 22.7 Å². The fourth-order valence-electron chi connectivity index (χ4n) is 2.78. The molecule has 0 bridgehead atoms. The van der Waals surface area contributed by atoms with Crippen LogP contribution in [0.1, 0.15) is 20.3 Å². The van der Waals surface area contributed by atoms with Gasteiger partial charge < -0.3 is 20.1 Å². The van der Waals surface area contributed by atoms with E-state index in [2.05, 4.69) is 28.6 Å². The molecule has 0 unspecified atom stereocenters. The molecule has 118 valence electrons. The summed E-state index contributed by atoms with van der Waals surface area (Å²) in [5, 5.41) is 0. The third-order valence-corrected chi connectivity index (χ3v) is 3.79. The van der Waals surface area contributed by atoms with Crippen LogP contribution in [0.5, 0.6) is 0 Å². The van der Waals surface area contributed by atoms with Crippen LogP contribution in [-0.4, -0.2) is 53.7 Å². The van der Waals surface area contributed by atoms with Gasteiger partial charge in [-0.25, -0.2) is 4.98 Å². The molecular weight excluding hydrogens is 266 g/mol. The molecule has 6 heteroatoms. The Balaban J connectivity index is 2.12. The van der Waals surface area contributed by atoms with Gasteiger partial charge in [-0.05, 0) is 18.9 Å². The van der Waals surface area contributed by atoms with Crippen molar-refractivity contribution in [2.24, 2.45) is 11.7 Å². The van der Waals surface area contributed by atoms with Crippen LogP contribution in [-0.2, 0) is 6.54 Å². The molecule has 0 radical (unpaired) electrons. The Bertz CT molecular complexity index is 499. The summed E-state index contributed by atoms with van der Waals surface area (Å²) >= 11 is 0. The van der Waals surface area contributed by atoms with Gasteiger partial charge in [-0.3, -0.25) is 4.79 Å². The molecule has 1 aromatic rings. The van der Waals surface area contributed by atoms with Crippen molar-refractivity contribution < 1.29 is 0 Å². The Hall–Kier alpha value is -1.40. The Labute approximate surface area is 126 Å². The van der Waals surface area contributed by atoms with Gasteiger partial charge in [-0.15, -0.1) is 0 Å². The second-order valence-electron chi connectivity index (χ2n) is 6.07. The fourth-order valence-corrected chi connectivity index (χ4v) is 2.78. The molecule has 0 saturated carbocycles. The number of hydrogen-bond donors (Lipinski definition) is 1. The van der Waals surface area contributed by atoms with E-state index in [1.807, 2.05) is 0 Å². The summed E-state index contributed by atoms with van der Waals surface area (Å²) in [4.78, 5) is 21.4. The van der Waals surface area contributed by atoms with Crippen LogP contribution >= 0.6 is 0 Å². The average molecular weight is 293 g/mol. The Kier molecular flexibility index (Phi) is 5.76. The van der Waals surface area contributed by atoms with Crippen molar-refractivity contribution in [3.63, 3.8) is 0 Å². The van der Waals surface area contributed by atoms with E-state index in [0.717, 1.165) is 45.7 Å². The van der Waals surface area contributed by atoms with Crippen LogP contribution in [0.4, 0.5) is 5.82 Å². The molecule has 1 aliphatic heterocycles. The molecule has 1 saturated heterocycles. The zero-order valence-corrected chi connectivity index (χ0v) is 13.2. The molecule has 1 aliphatic rings. The van der Waals surface area contributed by atoms with E-state index in [9.17, 15) is 4.79 Å². The standard InChI is InChI=1S/C15H27N5O/c1-13(2)12-20-9-5-17-14(15(20)21)19-7-3-6-18(8-4-16)10-11-19/h5,9,13H,3-4,6-8,10-12,16H2,1-2H3. The van der Waals surface area contributed by atoms with Crippen molar-refractivity contribution in [2.75, 3.05) is 44.2 Å². The Morgan fingerprint density at radius 1 is 1.29 bits per heavy atom. The highest BCUT2D eigenvalue weighted by molar-refractivity contribution is 5.35. The van der Waals surface area contributed by atoms with Gasteiger partial charge in [0.05, 0.1) is 0 Å². The number of nitrogens with two attached hydrogens (primary N) is 1. The zero-order valence-electron chi connectivity index (χ0n) is 13.2. The summed E-state index contributed by atoms with van der Waals surface area (Å²) in [6.45, 7) is 10.3. The lowest BCUT2D eigenvalue weighted by atomic mass is 10.2. The topological polar surface area (TPSA) is 67.4 Å². The van der Waals surface area contributed by atoms with Crippen LogP contribution in [0.15, 0.2) is 17.2 Å². The van der Waals surface area contributed by atoms with E-state index < -0.39 is 0 Å². The Morgan fingerprint density at radius 2 is 2.10 bits per heavy atom. The monoisotopic (exact) mass is 293 g/mol. The summed E-state index contributed by atoms with van der Waals surface area (Å²) in [6, 6.07) is 0. The summed E-state index contributed by atoms with van der Waals surface area (Å²) < 4.78 is 1.77. The molecule has 0 spiro atoms. The molecule has 0 amide bonds. The SMILES string of the molecule is CC(C)Cn1ccnc(N2CCCN(CCN)CC2)c1=O. The molecule has 0 aromatic carbocycles. The first-order chi connectivity index (χ1) is 10.1. The van der Waals surface area contributed by atoms with E-state index in [-0.39, 0.29) is 5.56 Å². The van der Waals surface area contributed by atoms with E-state index >= 15 is 0 Å². The van der Waals surface area contributed by atoms with E-state index in [0.29, 0.717) is 18.3 Å². The maximum Gasteiger partial charge on any atom is 0.293 e. The summed E-state index contributed by atoms with van der Waals surface area (Å²) in [5.74, 6) is 1.04. The minimum atomic E-state index is 0.0264. The lowest BCUT2D eigenvalue weighted by Crippen LogP contribution is -2.37. The van der Waals surface area contributed by atoms with E-state index in [4.69, 9.17) is 5.73 Å². The first-order valence-electron chi connectivity index (χ1n) is 7.84. The van der Waals surface area contributed by atoms with Crippen molar-refractivity contribution in [2.45, 2.75) is 26.8 Å². The van der Waals surface area contributed by atoms with Gasteiger partial charge >= 0.3 is 0 Å². The number of hydrogen-bond acceptors (Lipinski definition) is 5. The van der Waals surface area contributed by atoms with Crippen molar-refractivity contribution in [1.29, 1.82) is 0 Å². The van der Waals surface area contributed by atoms with Gasteiger partial charge in [-0.1, -0.05) is 13.8 Å². The minimum Gasteiger partial charge on any atom is -0.351 e.